The van der Waals surface area contributed by atoms with Gasteiger partial charge in [-0.05, 0) is 74.4 Å². The molecular formula is C22H28FNO2. The van der Waals surface area contributed by atoms with Crippen LogP contribution in [0.25, 0.3) is 0 Å². The van der Waals surface area contributed by atoms with Crippen molar-refractivity contribution in [3.63, 3.8) is 0 Å². The third-order valence-corrected chi connectivity index (χ3v) is 3.92. The van der Waals surface area contributed by atoms with Crippen molar-refractivity contribution in [2.75, 3.05) is 6.54 Å². The van der Waals surface area contributed by atoms with E-state index in [1.165, 1.54) is 28.8 Å². The molecule has 26 heavy (non-hydrogen) atoms. The van der Waals surface area contributed by atoms with Crippen LogP contribution in [-0.4, -0.2) is 18.2 Å². The topological polar surface area (TPSA) is 38.3 Å². The van der Waals surface area contributed by atoms with Crippen molar-refractivity contribution in [3.05, 3.63) is 70.5 Å². The highest BCUT2D eigenvalue weighted by molar-refractivity contribution is 5.67. The lowest BCUT2D eigenvalue weighted by atomic mass is 9.97. The number of carbonyl (C=O) groups is 1. The van der Waals surface area contributed by atoms with Gasteiger partial charge in [-0.3, -0.25) is 0 Å². The molecule has 2 aromatic carbocycles. The summed E-state index contributed by atoms with van der Waals surface area (Å²) in [4.78, 5) is 11.7. The van der Waals surface area contributed by atoms with Crippen LogP contribution < -0.4 is 5.32 Å². The zero-order valence-corrected chi connectivity index (χ0v) is 16.1. The molecule has 0 aliphatic rings. The number of nitrogens with one attached hydrogen (secondary N) is 1. The molecule has 0 heterocycles. The fraction of sp³-hybridized carbons (Fsp3) is 0.409. The standard InChI is InChI=1S/C22H28FNO2/c1-5-16-12-18(10-11-24-21(25)26-22(2,3)4)15-19(13-16)14-17-6-8-20(23)9-7-17/h6-9,12-13,15H,5,10-11,14H2,1-4H3,(H,24,25). The average Bonchev–Trinajstić information content (AvgIpc) is 2.55. The van der Waals surface area contributed by atoms with Crippen LogP contribution in [0.5, 0.6) is 0 Å². The van der Waals surface area contributed by atoms with Crippen LogP contribution in [0.3, 0.4) is 0 Å². The van der Waals surface area contributed by atoms with Gasteiger partial charge in [-0.2, -0.15) is 0 Å². The molecule has 0 aliphatic heterocycles. The minimum atomic E-state index is -0.492. The van der Waals surface area contributed by atoms with Gasteiger partial charge in [0.1, 0.15) is 11.4 Å². The summed E-state index contributed by atoms with van der Waals surface area (Å²) in [6.07, 6.45) is 2.06. The van der Waals surface area contributed by atoms with Crippen molar-refractivity contribution >= 4 is 6.09 Å². The normalized spacial score (nSPS) is 11.3. The van der Waals surface area contributed by atoms with Gasteiger partial charge in [-0.25, -0.2) is 9.18 Å². The van der Waals surface area contributed by atoms with Crippen molar-refractivity contribution in [1.82, 2.24) is 5.32 Å². The number of alkyl carbamates (subject to hydrolysis) is 1. The predicted molar refractivity (Wildman–Crippen MR) is 103 cm³/mol. The molecule has 0 aliphatic carbocycles. The van der Waals surface area contributed by atoms with E-state index in [1.807, 2.05) is 32.9 Å². The van der Waals surface area contributed by atoms with Crippen LogP contribution in [-0.2, 0) is 24.0 Å². The summed E-state index contributed by atoms with van der Waals surface area (Å²) in [7, 11) is 0. The minimum absolute atomic E-state index is 0.218. The second kappa shape index (κ2) is 8.84. The zero-order chi connectivity index (χ0) is 19.2. The number of benzene rings is 2. The van der Waals surface area contributed by atoms with Crippen LogP contribution in [0.15, 0.2) is 42.5 Å². The number of hydrogen-bond acceptors (Lipinski definition) is 2. The molecule has 0 unspecified atom stereocenters. The second-order valence-electron chi connectivity index (χ2n) is 7.49. The molecule has 0 fully saturated rings. The van der Waals surface area contributed by atoms with E-state index in [0.717, 1.165) is 24.8 Å². The third kappa shape index (κ3) is 6.87. The summed E-state index contributed by atoms with van der Waals surface area (Å²) in [5.74, 6) is -0.218. The van der Waals surface area contributed by atoms with Crippen molar-refractivity contribution in [1.29, 1.82) is 0 Å². The zero-order valence-electron chi connectivity index (χ0n) is 16.1. The van der Waals surface area contributed by atoms with Crippen molar-refractivity contribution in [2.45, 2.75) is 52.6 Å². The summed E-state index contributed by atoms with van der Waals surface area (Å²) in [5.41, 5.74) is 4.23. The van der Waals surface area contributed by atoms with Gasteiger partial charge < -0.3 is 10.1 Å². The fourth-order valence-corrected chi connectivity index (χ4v) is 2.75. The number of halogens is 1. The average molecular weight is 357 g/mol. The number of carbonyl (C=O) groups excluding carboxylic acids is 1. The Kier molecular flexibility index (Phi) is 6.78. The highest BCUT2D eigenvalue weighted by Gasteiger charge is 2.15. The van der Waals surface area contributed by atoms with Crippen LogP contribution >= 0.6 is 0 Å². The molecule has 0 radical (unpaired) electrons. The minimum Gasteiger partial charge on any atom is -0.444 e. The van der Waals surface area contributed by atoms with Crippen LogP contribution in [0, 0.1) is 5.82 Å². The Morgan fingerprint density at radius 2 is 1.62 bits per heavy atom. The molecule has 0 aromatic heterocycles. The van der Waals surface area contributed by atoms with Gasteiger partial charge in [0.25, 0.3) is 0 Å². The summed E-state index contributed by atoms with van der Waals surface area (Å²) in [6, 6.07) is 13.1. The summed E-state index contributed by atoms with van der Waals surface area (Å²) in [5, 5.41) is 2.80. The largest absolute Gasteiger partial charge is 0.444 e. The fourth-order valence-electron chi connectivity index (χ4n) is 2.75. The highest BCUT2D eigenvalue weighted by atomic mass is 19.1. The van der Waals surface area contributed by atoms with E-state index < -0.39 is 11.7 Å². The molecule has 140 valence electrons. The molecule has 0 bridgehead atoms. The molecular weight excluding hydrogens is 329 g/mol. The molecule has 1 N–H and O–H groups in total. The van der Waals surface area contributed by atoms with Gasteiger partial charge in [0.2, 0.25) is 0 Å². The van der Waals surface area contributed by atoms with Gasteiger partial charge in [0.05, 0.1) is 0 Å². The summed E-state index contributed by atoms with van der Waals surface area (Å²) in [6.45, 7) is 8.19. The second-order valence-corrected chi connectivity index (χ2v) is 7.49. The van der Waals surface area contributed by atoms with E-state index in [-0.39, 0.29) is 5.82 Å². The molecule has 4 heteroatoms. The van der Waals surface area contributed by atoms with Crippen molar-refractivity contribution in [3.8, 4) is 0 Å². The van der Waals surface area contributed by atoms with Crippen LogP contribution in [0.4, 0.5) is 9.18 Å². The van der Waals surface area contributed by atoms with E-state index in [9.17, 15) is 9.18 Å². The molecule has 2 aromatic rings. The van der Waals surface area contributed by atoms with Crippen molar-refractivity contribution in [2.24, 2.45) is 0 Å². The molecule has 3 nitrogen and oxygen atoms in total. The summed E-state index contributed by atoms with van der Waals surface area (Å²) < 4.78 is 18.3. The number of rotatable bonds is 6. The lowest BCUT2D eigenvalue weighted by Gasteiger charge is -2.19. The lowest BCUT2D eigenvalue weighted by Crippen LogP contribution is -2.33. The first-order valence-electron chi connectivity index (χ1n) is 9.08. The number of amides is 1. The van der Waals surface area contributed by atoms with Crippen LogP contribution in [0.2, 0.25) is 0 Å². The van der Waals surface area contributed by atoms with Gasteiger partial charge in [-0.15, -0.1) is 0 Å². The third-order valence-electron chi connectivity index (χ3n) is 3.92. The quantitative estimate of drug-likeness (QED) is 0.786. The van der Waals surface area contributed by atoms with Gasteiger partial charge >= 0.3 is 6.09 Å². The number of ether oxygens (including phenoxy) is 1. The highest BCUT2D eigenvalue weighted by Crippen LogP contribution is 2.16. The van der Waals surface area contributed by atoms with E-state index in [1.54, 1.807) is 0 Å². The Labute approximate surface area is 155 Å². The first-order valence-corrected chi connectivity index (χ1v) is 9.08. The molecule has 0 atom stereocenters. The first-order chi connectivity index (χ1) is 12.2. The molecule has 0 saturated carbocycles. The first kappa shape index (κ1) is 20.0. The molecule has 0 saturated heterocycles. The predicted octanol–water partition coefficient (Wildman–Crippen LogP) is 5.05. The molecule has 2 rings (SSSR count). The van der Waals surface area contributed by atoms with E-state index >= 15 is 0 Å². The Bertz CT molecular complexity index is 733. The van der Waals surface area contributed by atoms with E-state index in [4.69, 9.17) is 4.74 Å². The smallest absolute Gasteiger partial charge is 0.407 e. The Hall–Kier alpha value is -2.36. The lowest BCUT2D eigenvalue weighted by molar-refractivity contribution is 0.0528. The Morgan fingerprint density at radius 1 is 1.00 bits per heavy atom. The maximum atomic E-state index is 13.1. The van der Waals surface area contributed by atoms with Crippen LogP contribution in [0.1, 0.15) is 49.9 Å². The van der Waals surface area contributed by atoms with E-state index in [2.05, 4.69) is 30.4 Å². The number of aryl methyl sites for hydroxylation is 1. The van der Waals surface area contributed by atoms with Crippen molar-refractivity contribution < 1.29 is 13.9 Å². The SMILES string of the molecule is CCc1cc(CCNC(=O)OC(C)(C)C)cc(Cc2ccc(F)cc2)c1. The summed E-state index contributed by atoms with van der Waals surface area (Å²) >= 11 is 0. The maximum absolute atomic E-state index is 13.1. The Balaban J connectivity index is 2.00. The number of hydrogen-bond donors (Lipinski definition) is 1. The monoisotopic (exact) mass is 357 g/mol. The van der Waals surface area contributed by atoms with Gasteiger partial charge in [0, 0.05) is 6.54 Å². The van der Waals surface area contributed by atoms with E-state index in [0.29, 0.717) is 6.54 Å². The van der Waals surface area contributed by atoms with Gasteiger partial charge in [-0.1, -0.05) is 37.3 Å². The molecule has 0 spiro atoms. The maximum Gasteiger partial charge on any atom is 0.407 e. The molecule has 1 amide bonds. The Morgan fingerprint density at radius 3 is 2.23 bits per heavy atom. The van der Waals surface area contributed by atoms with Gasteiger partial charge in [0.15, 0.2) is 0 Å².